The Morgan fingerprint density at radius 2 is 1.26 bits per heavy atom. The molecule has 1 saturated heterocycles. The van der Waals surface area contributed by atoms with Crippen molar-refractivity contribution in [3.8, 4) is 11.5 Å². The second-order valence-electron chi connectivity index (χ2n) is 10.2. The van der Waals surface area contributed by atoms with E-state index in [-0.39, 0.29) is 0 Å². The van der Waals surface area contributed by atoms with Crippen LogP contribution in [-0.2, 0) is 5.60 Å². The lowest BCUT2D eigenvalue weighted by Crippen LogP contribution is -2.38. The van der Waals surface area contributed by atoms with Gasteiger partial charge in [-0.1, -0.05) is 72.8 Å². The Kier molecular flexibility index (Phi) is 5.54. The molecule has 5 aromatic rings. The minimum atomic E-state index is -0.870. The third kappa shape index (κ3) is 3.63. The van der Waals surface area contributed by atoms with Crippen LogP contribution in [0.1, 0.15) is 30.4 Å². The van der Waals surface area contributed by atoms with Gasteiger partial charge in [0.25, 0.3) is 0 Å². The molecule has 0 amide bonds. The molecule has 188 valence electrons. The number of ether oxygens (including phenoxy) is 2. The van der Waals surface area contributed by atoms with Crippen molar-refractivity contribution in [2.75, 3.05) is 25.1 Å². The summed E-state index contributed by atoms with van der Waals surface area (Å²) in [5.41, 5.74) is 3.34. The molecule has 1 unspecified atom stereocenters. The summed E-state index contributed by atoms with van der Waals surface area (Å²) in [6, 6.07) is 33.9. The van der Waals surface area contributed by atoms with Gasteiger partial charge in [-0.25, -0.2) is 0 Å². The minimum Gasteiger partial charge on any atom is -0.497 e. The Labute approximate surface area is 223 Å². The number of aliphatic imine (C=N–C) groups is 1. The molecule has 5 aromatic carbocycles. The zero-order chi connectivity index (χ0) is 25.5. The molecule has 2 heterocycles. The van der Waals surface area contributed by atoms with Crippen molar-refractivity contribution >= 4 is 39.1 Å². The van der Waals surface area contributed by atoms with Crippen LogP contribution in [0.15, 0.2) is 102 Å². The summed E-state index contributed by atoms with van der Waals surface area (Å²) in [6.07, 6.45) is 5.81. The molecule has 0 aliphatic carbocycles. The first-order valence-electron chi connectivity index (χ1n) is 13.4. The van der Waals surface area contributed by atoms with Gasteiger partial charge >= 0.3 is 0 Å². The van der Waals surface area contributed by atoms with Crippen LogP contribution in [0.25, 0.3) is 21.5 Å². The maximum atomic E-state index is 7.17. The Morgan fingerprint density at radius 3 is 1.92 bits per heavy atom. The van der Waals surface area contributed by atoms with Crippen molar-refractivity contribution in [2.24, 2.45) is 4.99 Å². The van der Waals surface area contributed by atoms with E-state index in [0.717, 1.165) is 52.2 Å². The highest BCUT2D eigenvalue weighted by molar-refractivity contribution is 6.17. The molecule has 2 aliphatic heterocycles. The second kappa shape index (κ2) is 9.21. The van der Waals surface area contributed by atoms with Crippen LogP contribution in [0, 0.1) is 0 Å². The molecule has 4 nitrogen and oxygen atoms in total. The van der Waals surface area contributed by atoms with Crippen molar-refractivity contribution in [2.45, 2.75) is 24.9 Å². The summed E-state index contributed by atoms with van der Waals surface area (Å²) < 4.78 is 12.6. The van der Waals surface area contributed by atoms with Crippen molar-refractivity contribution in [1.82, 2.24) is 0 Å². The second-order valence-corrected chi connectivity index (χ2v) is 10.2. The van der Waals surface area contributed by atoms with Crippen LogP contribution in [0.5, 0.6) is 11.5 Å². The maximum Gasteiger partial charge on any atom is 0.194 e. The van der Waals surface area contributed by atoms with E-state index < -0.39 is 5.60 Å². The van der Waals surface area contributed by atoms with Gasteiger partial charge < -0.3 is 14.4 Å². The van der Waals surface area contributed by atoms with E-state index in [9.17, 15) is 0 Å². The van der Waals surface area contributed by atoms with Crippen LogP contribution < -0.4 is 14.4 Å². The molecule has 0 aromatic heterocycles. The van der Waals surface area contributed by atoms with Crippen LogP contribution in [-0.4, -0.2) is 26.4 Å². The number of benzene rings is 5. The number of hydrogen-bond acceptors (Lipinski definition) is 4. The monoisotopic (exact) mass is 498 g/mol. The zero-order valence-corrected chi connectivity index (χ0v) is 21.6. The number of anilines is 1. The van der Waals surface area contributed by atoms with E-state index >= 15 is 0 Å². The van der Waals surface area contributed by atoms with Gasteiger partial charge in [0.15, 0.2) is 11.4 Å². The first-order valence-corrected chi connectivity index (χ1v) is 13.4. The van der Waals surface area contributed by atoms with Crippen LogP contribution in [0.4, 0.5) is 11.4 Å². The lowest BCUT2D eigenvalue weighted by Gasteiger charge is -2.36. The highest BCUT2D eigenvalue weighted by Gasteiger charge is 2.39. The average molecular weight is 499 g/mol. The molecule has 1 fully saturated rings. The van der Waals surface area contributed by atoms with E-state index in [2.05, 4.69) is 89.8 Å². The van der Waals surface area contributed by atoms with E-state index in [4.69, 9.17) is 14.5 Å². The summed E-state index contributed by atoms with van der Waals surface area (Å²) >= 11 is 0. The molecule has 2 aliphatic rings. The Morgan fingerprint density at radius 1 is 0.684 bits per heavy atom. The van der Waals surface area contributed by atoms with E-state index in [1.165, 1.54) is 35.7 Å². The van der Waals surface area contributed by atoms with Gasteiger partial charge in [-0.05, 0) is 54.3 Å². The van der Waals surface area contributed by atoms with Crippen LogP contribution in [0.2, 0.25) is 0 Å². The molecule has 7 rings (SSSR count). The van der Waals surface area contributed by atoms with E-state index in [0.29, 0.717) is 0 Å². The predicted octanol–water partition coefficient (Wildman–Crippen LogP) is 8.03. The Hall–Kier alpha value is -4.31. The normalized spacial score (nSPS) is 18.8. The molecule has 0 bridgehead atoms. The van der Waals surface area contributed by atoms with E-state index in [1.807, 2.05) is 18.3 Å². The van der Waals surface area contributed by atoms with Gasteiger partial charge in [0.05, 0.1) is 13.3 Å². The Bertz CT molecular complexity index is 1650. The number of hydrogen-bond donors (Lipinski definition) is 0. The third-order valence-corrected chi connectivity index (χ3v) is 8.03. The first-order chi connectivity index (χ1) is 18.8. The summed E-state index contributed by atoms with van der Waals surface area (Å²) in [5, 5.41) is 4.52. The van der Waals surface area contributed by atoms with Crippen molar-refractivity contribution in [3.63, 3.8) is 0 Å². The molecule has 0 spiro atoms. The summed E-state index contributed by atoms with van der Waals surface area (Å²) in [7, 11) is 1.69. The van der Waals surface area contributed by atoms with Crippen molar-refractivity contribution in [3.05, 3.63) is 108 Å². The largest absolute Gasteiger partial charge is 0.497 e. The molecular formula is C34H30N2O2. The standard InChI is InChI=1S/C34H30N2O2/c1-37-27-19-15-25(16-20-27)34(24-13-17-26(18-14-24)36-21-7-2-8-22-36)23-35-32-30-11-5-3-9-28(30)29-10-4-6-12-31(29)33(32)38-34/h3-6,9-20,23H,2,7-8,21-22H2,1H3. The Balaban J connectivity index is 1.42. The number of rotatable bonds is 4. The van der Waals surface area contributed by atoms with Gasteiger partial charge in [0.1, 0.15) is 11.4 Å². The van der Waals surface area contributed by atoms with Gasteiger partial charge in [0, 0.05) is 40.7 Å². The molecular weight excluding hydrogens is 468 g/mol. The zero-order valence-electron chi connectivity index (χ0n) is 21.6. The highest BCUT2D eigenvalue weighted by atomic mass is 16.5. The topological polar surface area (TPSA) is 34.1 Å². The van der Waals surface area contributed by atoms with Gasteiger partial charge in [0.2, 0.25) is 0 Å². The molecule has 0 N–H and O–H groups in total. The smallest absolute Gasteiger partial charge is 0.194 e. The fourth-order valence-electron chi connectivity index (χ4n) is 6.01. The van der Waals surface area contributed by atoms with Crippen LogP contribution >= 0.6 is 0 Å². The summed E-state index contributed by atoms with van der Waals surface area (Å²) in [5.74, 6) is 1.63. The fourth-order valence-corrected chi connectivity index (χ4v) is 6.01. The average Bonchev–Trinajstić information content (AvgIpc) is 3.01. The van der Waals surface area contributed by atoms with Crippen LogP contribution in [0.3, 0.4) is 0 Å². The number of methoxy groups -OCH3 is 1. The molecule has 38 heavy (non-hydrogen) atoms. The molecule has 4 heteroatoms. The molecule has 1 atom stereocenters. The number of nitrogens with zero attached hydrogens (tertiary/aromatic N) is 2. The third-order valence-electron chi connectivity index (χ3n) is 8.03. The van der Waals surface area contributed by atoms with Crippen molar-refractivity contribution < 1.29 is 9.47 Å². The number of fused-ring (bicyclic) bond motifs is 6. The van der Waals surface area contributed by atoms with Gasteiger partial charge in [-0.3, -0.25) is 4.99 Å². The van der Waals surface area contributed by atoms with E-state index in [1.54, 1.807) is 7.11 Å². The minimum absolute atomic E-state index is 0.814. The van der Waals surface area contributed by atoms with Gasteiger partial charge in [-0.15, -0.1) is 0 Å². The summed E-state index contributed by atoms with van der Waals surface area (Å²) in [6.45, 7) is 2.24. The lowest BCUT2D eigenvalue weighted by atomic mass is 9.85. The SMILES string of the molecule is COc1ccc(C2(c3ccc(N4CCCCC4)cc3)C=Nc3c(c4ccccc4c4ccccc34)O2)cc1. The fraction of sp³-hybridized carbons (Fsp3) is 0.206. The van der Waals surface area contributed by atoms with Gasteiger partial charge in [-0.2, -0.15) is 0 Å². The predicted molar refractivity (Wildman–Crippen MR) is 157 cm³/mol. The molecule has 0 saturated carbocycles. The lowest BCUT2D eigenvalue weighted by molar-refractivity contribution is 0.190. The quantitative estimate of drug-likeness (QED) is 0.235. The highest BCUT2D eigenvalue weighted by Crippen LogP contribution is 2.50. The number of piperidine rings is 1. The summed E-state index contributed by atoms with van der Waals surface area (Å²) in [4.78, 5) is 7.63. The molecule has 0 radical (unpaired) electrons. The maximum absolute atomic E-state index is 7.17. The first kappa shape index (κ1) is 22.9. The van der Waals surface area contributed by atoms with Crippen molar-refractivity contribution in [1.29, 1.82) is 0 Å².